The van der Waals surface area contributed by atoms with Gasteiger partial charge in [-0.3, -0.25) is 19.4 Å². The number of para-hydroxylation sites is 1. The molecule has 7 heteroatoms. The molecule has 0 amide bonds. The molecule has 3 rings (SSSR count). The first-order valence-electron chi connectivity index (χ1n) is 7.72. The van der Waals surface area contributed by atoms with Gasteiger partial charge in [0.05, 0.1) is 17.4 Å². The van der Waals surface area contributed by atoms with Crippen LogP contribution in [0.15, 0.2) is 29.1 Å². The third-order valence-electron chi connectivity index (χ3n) is 4.35. The first-order valence-corrected chi connectivity index (χ1v) is 7.72. The van der Waals surface area contributed by atoms with Gasteiger partial charge in [0.1, 0.15) is 11.9 Å². The van der Waals surface area contributed by atoms with E-state index in [1.54, 1.807) is 13.0 Å². The predicted octanol–water partition coefficient (Wildman–Crippen LogP) is 0.514. The monoisotopic (exact) mass is 316 g/mol. The van der Waals surface area contributed by atoms with Gasteiger partial charge in [0.2, 0.25) is 0 Å². The molecule has 1 aliphatic heterocycles. The summed E-state index contributed by atoms with van der Waals surface area (Å²) in [4.78, 5) is 34.6. The number of aromatic nitrogens is 2. The molecule has 1 aromatic heterocycles. The third kappa shape index (κ3) is 3.40. The number of aromatic amines is 1. The van der Waals surface area contributed by atoms with E-state index in [9.17, 15) is 9.59 Å². The fourth-order valence-corrected chi connectivity index (χ4v) is 2.89. The van der Waals surface area contributed by atoms with E-state index in [1.807, 2.05) is 23.1 Å². The zero-order valence-corrected chi connectivity index (χ0v) is 13.0. The quantitative estimate of drug-likeness (QED) is 0.854. The maximum absolute atomic E-state index is 12.1. The van der Waals surface area contributed by atoms with Crippen LogP contribution < -0.4 is 5.56 Å². The molecule has 7 nitrogen and oxygen atoms in total. The number of nitrogens with one attached hydrogen (secondary N) is 1. The molecule has 1 aliphatic rings. The number of hydrogen-bond acceptors (Lipinski definition) is 5. The first-order chi connectivity index (χ1) is 11.0. The largest absolute Gasteiger partial charge is 0.480 e. The van der Waals surface area contributed by atoms with Gasteiger partial charge in [-0.25, -0.2) is 4.98 Å². The van der Waals surface area contributed by atoms with Crippen LogP contribution in [0.5, 0.6) is 0 Å². The molecular weight excluding hydrogens is 296 g/mol. The van der Waals surface area contributed by atoms with Crippen molar-refractivity contribution in [2.24, 2.45) is 0 Å². The van der Waals surface area contributed by atoms with Crippen molar-refractivity contribution >= 4 is 16.9 Å². The molecule has 2 heterocycles. The minimum Gasteiger partial charge on any atom is -0.480 e. The van der Waals surface area contributed by atoms with E-state index in [1.165, 1.54) is 0 Å². The van der Waals surface area contributed by atoms with E-state index in [0.717, 1.165) is 13.1 Å². The van der Waals surface area contributed by atoms with Crippen molar-refractivity contribution < 1.29 is 9.90 Å². The molecule has 2 aromatic rings. The van der Waals surface area contributed by atoms with E-state index < -0.39 is 12.0 Å². The maximum Gasteiger partial charge on any atom is 0.320 e. The van der Waals surface area contributed by atoms with Crippen LogP contribution in [0, 0.1) is 0 Å². The summed E-state index contributed by atoms with van der Waals surface area (Å²) in [6, 6.07) is 6.82. The van der Waals surface area contributed by atoms with Crippen LogP contribution in [-0.2, 0) is 11.3 Å². The molecule has 1 unspecified atom stereocenters. The number of piperazine rings is 1. The van der Waals surface area contributed by atoms with Crippen LogP contribution in [0.3, 0.4) is 0 Å². The number of hydrogen-bond donors (Lipinski definition) is 2. The Balaban J connectivity index is 1.67. The molecule has 1 fully saturated rings. The minimum absolute atomic E-state index is 0.122. The number of carboxylic acids is 1. The van der Waals surface area contributed by atoms with Crippen molar-refractivity contribution in [2.75, 3.05) is 26.2 Å². The molecule has 23 heavy (non-hydrogen) atoms. The van der Waals surface area contributed by atoms with Gasteiger partial charge in [0, 0.05) is 26.2 Å². The van der Waals surface area contributed by atoms with Gasteiger partial charge in [-0.2, -0.15) is 0 Å². The van der Waals surface area contributed by atoms with Gasteiger partial charge >= 0.3 is 5.97 Å². The fraction of sp³-hybridized carbons (Fsp3) is 0.438. The number of carbonyl (C=O) groups is 1. The lowest BCUT2D eigenvalue weighted by atomic mass is 10.2. The first kappa shape index (κ1) is 15.6. The molecule has 0 radical (unpaired) electrons. The number of fused-ring (bicyclic) bond motifs is 1. The van der Waals surface area contributed by atoms with Crippen molar-refractivity contribution in [1.29, 1.82) is 0 Å². The van der Waals surface area contributed by atoms with Crippen molar-refractivity contribution in [1.82, 2.24) is 19.8 Å². The summed E-state index contributed by atoms with van der Waals surface area (Å²) in [7, 11) is 0. The Bertz CT molecular complexity index is 765. The lowest BCUT2D eigenvalue weighted by Gasteiger charge is -2.36. The van der Waals surface area contributed by atoms with Gasteiger partial charge in [-0.15, -0.1) is 0 Å². The van der Waals surface area contributed by atoms with Crippen molar-refractivity contribution in [3.05, 3.63) is 40.4 Å². The van der Waals surface area contributed by atoms with Gasteiger partial charge in [0.25, 0.3) is 5.56 Å². The van der Waals surface area contributed by atoms with Gasteiger partial charge < -0.3 is 10.1 Å². The Kier molecular flexibility index (Phi) is 4.40. The van der Waals surface area contributed by atoms with E-state index in [-0.39, 0.29) is 5.56 Å². The molecule has 1 saturated heterocycles. The molecule has 2 N–H and O–H groups in total. The van der Waals surface area contributed by atoms with Crippen LogP contribution in [0.4, 0.5) is 0 Å². The lowest BCUT2D eigenvalue weighted by molar-refractivity contribution is -0.143. The van der Waals surface area contributed by atoms with E-state index >= 15 is 0 Å². The van der Waals surface area contributed by atoms with Crippen LogP contribution in [0.2, 0.25) is 0 Å². The number of rotatable bonds is 4. The van der Waals surface area contributed by atoms with Crippen molar-refractivity contribution in [3.63, 3.8) is 0 Å². The second-order valence-electron chi connectivity index (χ2n) is 5.86. The summed E-state index contributed by atoms with van der Waals surface area (Å²) in [5, 5.41) is 9.66. The molecule has 0 spiro atoms. The average Bonchev–Trinajstić information content (AvgIpc) is 2.55. The zero-order valence-electron chi connectivity index (χ0n) is 13.0. The summed E-state index contributed by atoms with van der Waals surface area (Å²) in [6.45, 7) is 5.19. The Hall–Kier alpha value is -2.25. The van der Waals surface area contributed by atoms with Crippen molar-refractivity contribution in [2.45, 2.75) is 19.5 Å². The standard InChI is InChI=1S/C16H20N4O3/c1-11(16(22)23)20-8-6-19(7-9-20)10-14-17-13-5-3-2-4-12(13)15(21)18-14/h2-5,11H,6-10H2,1H3,(H,22,23)(H,17,18,21). The van der Waals surface area contributed by atoms with Crippen LogP contribution in [0.1, 0.15) is 12.7 Å². The number of H-pyrrole nitrogens is 1. The molecular formula is C16H20N4O3. The molecule has 1 atom stereocenters. The minimum atomic E-state index is -0.793. The predicted molar refractivity (Wildman–Crippen MR) is 86.3 cm³/mol. The maximum atomic E-state index is 12.1. The van der Waals surface area contributed by atoms with Gasteiger partial charge in [-0.05, 0) is 19.1 Å². The molecule has 0 bridgehead atoms. The molecule has 0 aliphatic carbocycles. The Labute approximate surface area is 133 Å². The van der Waals surface area contributed by atoms with Gasteiger partial charge in [-0.1, -0.05) is 12.1 Å². The second-order valence-corrected chi connectivity index (χ2v) is 5.86. The molecule has 1 aromatic carbocycles. The number of carboxylic acid groups (broad SMARTS) is 1. The highest BCUT2D eigenvalue weighted by Gasteiger charge is 2.25. The van der Waals surface area contributed by atoms with Crippen LogP contribution in [-0.4, -0.2) is 63.1 Å². The fourth-order valence-electron chi connectivity index (χ4n) is 2.89. The average molecular weight is 316 g/mol. The molecule has 122 valence electrons. The SMILES string of the molecule is CC(C(=O)O)N1CCN(Cc2nc3ccccc3c(=O)[nH]2)CC1. The van der Waals surface area contributed by atoms with Crippen LogP contribution in [0.25, 0.3) is 10.9 Å². The Morgan fingerprint density at radius 2 is 2.00 bits per heavy atom. The topological polar surface area (TPSA) is 89.5 Å². The van der Waals surface area contributed by atoms with E-state index in [2.05, 4.69) is 14.9 Å². The summed E-state index contributed by atoms with van der Waals surface area (Å²) < 4.78 is 0. The number of aliphatic carboxylic acids is 1. The zero-order chi connectivity index (χ0) is 16.4. The summed E-state index contributed by atoms with van der Waals surface area (Å²) in [5.74, 6) is -0.146. The normalized spacial score (nSPS) is 18.1. The van der Waals surface area contributed by atoms with E-state index in [0.29, 0.717) is 36.4 Å². The van der Waals surface area contributed by atoms with Crippen LogP contribution >= 0.6 is 0 Å². The van der Waals surface area contributed by atoms with E-state index in [4.69, 9.17) is 5.11 Å². The highest BCUT2D eigenvalue weighted by Crippen LogP contribution is 2.10. The number of benzene rings is 1. The van der Waals surface area contributed by atoms with Gasteiger partial charge in [0.15, 0.2) is 0 Å². The summed E-state index contributed by atoms with van der Waals surface area (Å²) >= 11 is 0. The Morgan fingerprint density at radius 1 is 1.30 bits per heavy atom. The lowest BCUT2D eigenvalue weighted by Crippen LogP contribution is -2.51. The summed E-state index contributed by atoms with van der Waals surface area (Å²) in [5.41, 5.74) is 0.577. The van der Waals surface area contributed by atoms with Crippen molar-refractivity contribution in [3.8, 4) is 0 Å². The summed E-state index contributed by atoms with van der Waals surface area (Å²) in [6.07, 6.45) is 0. The highest BCUT2D eigenvalue weighted by molar-refractivity contribution is 5.77. The Morgan fingerprint density at radius 3 is 2.70 bits per heavy atom. The second kappa shape index (κ2) is 6.47. The molecule has 0 saturated carbocycles. The number of nitrogens with zero attached hydrogens (tertiary/aromatic N) is 3. The highest BCUT2D eigenvalue weighted by atomic mass is 16.4. The third-order valence-corrected chi connectivity index (χ3v) is 4.35. The smallest absolute Gasteiger partial charge is 0.320 e.